The van der Waals surface area contributed by atoms with E-state index in [0.29, 0.717) is 22.6 Å². The lowest BCUT2D eigenvalue weighted by Gasteiger charge is -2.10. The quantitative estimate of drug-likeness (QED) is 0.641. The Kier molecular flexibility index (Phi) is 4.69. The van der Waals surface area contributed by atoms with E-state index < -0.39 is 0 Å². The second kappa shape index (κ2) is 7.31. The molecule has 0 atom stereocenters. The summed E-state index contributed by atoms with van der Waals surface area (Å²) in [6.07, 6.45) is 5.78. The summed E-state index contributed by atoms with van der Waals surface area (Å²) in [5, 5.41) is 11.1. The highest BCUT2D eigenvalue weighted by Gasteiger charge is 2.26. The van der Waals surface area contributed by atoms with Gasteiger partial charge in [-0.25, -0.2) is 0 Å². The van der Waals surface area contributed by atoms with Crippen LogP contribution in [0.15, 0.2) is 36.4 Å². The third kappa shape index (κ3) is 3.53. The van der Waals surface area contributed by atoms with Gasteiger partial charge in [-0.3, -0.25) is 14.7 Å². The minimum atomic E-state index is -0.133. The van der Waals surface area contributed by atoms with Crippen molar-refractivity contribution in [2.24, 2.45) is 0 Å². The molecule has 0 unspecified atom stereocenters. The molecule has 6 nitrogen and oxygen atoms in total. The highest BCUT2D eigenvalue weighted by molar-refractivity contribution is 6.05. The molecule has 1 aliphatic rings. The molecule has 0 saturated heterocycles. The monoisotopic (exact) mass is 375 g/mol. The molecule has 6 heteroatoms. The molecule has 0 radical (unpaired) electrons. The number of ether oxygens (including phenoxy) is 1. The predicted octanol–water partition coefficient (Wildman–Crippen LogP) is 3.84. The van der Waals surface area contributed by atoms with Gasteiger partial charge in [-0.15, -0.1) is 0 Å². The molecule has 0 bridgehead atoms. The average molecular weight is 375 g/mol. The molecule has 4 rings (SSSR count). The van der Waals surface area contributed by atoms with E-state index in [9.17, 15) is 9.59 Å². The molecule has 1 aromatic heterocycles. The van der Waals surface area contributed by atoms with Gasteiger partial charge in [-0.2, -0.15) is 5.10 Å². The van der Waals surface area contributed by atoms with Crippen molar-refractivity contribution in [2.45, 2.75) is 25.8 Å². The van der Waals surface area contributed by atoms with Crippen LogP contribution in [0.1, 0.15) is 51.7 Å². The van der Waals surface area contributed by atoms with Crippen LogP contribution in [0.3, 0.4) is 0 Å². The first-order valence-electron chi connectivity index (χ1n) is 9.22. The SMILES string of the molecule is COc1c(C(=O)NC2CC2)ccc2[nH]nc(/C=C/c3cccc(C(C)=O)c3)c12. The van der Waals surface area contributed by atoms with E-state index in [-0.39, 0.29) is 17.7 Å². The van der Waals surface area contributed by atoms with E-state index in [2.05, 4.69) is 15.5 Å². The molecule has 1 aliphatic carbocycles. The van der Waals surface area contributed by atoms with Crippen LogP contribution in [0.5, 0.6) is 5.75 Å². The highest BCUT2D eigenvalue weighted by Crippen LogP contribution is 2.33. The van der Waals surface area contributed by atoms with Crippen molar-refractivity contribution in [1.82, 2.24) is 15.5 Å². The molecular weight excluding hydrogens is 354 g/mol. The minimum Gasteiger partial charge on any atom is -0.495 e. The van der Waals surface area contributed by atoms with Crippen LogP contribution in [0.2, 0.25) is 0 Å². The number of nitrogens with zero attached hydrogens (tertiary/aromatic N) is 1. The van der Waals surface area contributed by atoms with Gasteiger partial charge in [-0.05, 0) is 49.6 Å². The molecule has 0 spiro atoms. The number of Topliss-reactive ketones (excluding diaryl/α,β-unsaturated/α-hetero) is 1. The summed E-state index contributed by atoms with van der Waals surface area (Å²) in [6, 6.07) is 11.2. The van der Waals surface area contributed by atoms with Crippen LogP contribution in [0, 0.1) is 0 Å². The van der Waals surface area contributed by atoms with Gasteiger partial charge in [0, 0.05) is 11.6 Å². The Balaban J connectivity index is 1.72. The van der Waals surface area contributed by atoms with E-state index in [1.165, 1.54) is 0 Å². The van der Waals surface area contributed by atoms with Crippen molar-refractivity contribution in [3.05, 3.63) is 58.8 Å². The maximum atomic E-state index is 12.6. The predicted molar refractivity (Wildman–Crippen MR) is 109 cm³/mol. The van der Waals surface area contributed by atoms with Gasteiger partial charge in [0.25, 0.3) is 5.91 Å². The molecule has 2 N–H and O–H groups in total. The molecule has 1 saturated carbocycles. The normalized spacial score (nSPS) is 13.8. The third-order valence-corrected chi connectivity index (χ3v) is 4.80. The number of H-pyrrole nitrogens is 1. The van der Waals surface area contributed by atoms with Gasteiger partial charge in [-0.1, -0.05) is 24.3 Å². The lowest BCUT2D eigenvalue weighted by atomic mass is 10.1. The largest absolute Gasteiger partial charge is 0.495 e. The van der Waals surface area contributed by atoms with Crippen LogP contribution >= 0.6 is 0 Å². The lowest BCUT2D eigenvalue weighted by Crippen LogP contribution is -2.25. The summed E-state index contributed by atoms with van der Waals surface area (Å²) in [7, 11) is 1.56. The maximum absolute atomic E-state index is 12.6. The fourth-order valence-electron chi connectivity index (χ4n) is 3.15. The number of carbonyl (C=O) groups is 2. The number of methoxy groups -OCH3 is 1. The number of aromatic amines is 1. The number of fused-ring (bicyclic) bond motifs is 1. The van der Waals surface area contributed by atoms with Crippen LogP contribution in [-0.2, 0) is 0 Å². The van der Waals surface area contributed by atoms with Crippen LogP contribution in [0.4, 0.5) is 0 Å². The molecule has 28 heavy (non-hydrogen) atoms. The Hall–Kier alpha value is -3.41. The standard InChI is InChI=1S/C22H21N3O3/c1-13(26)15-5-3-4-14(12-15)6-10-18-20-19(25-24-18)11-9-17(21(20)28-2)22(27)23-16-7-8-16/h3-6,9-12,16H,7-8H2,1-2H3,(H,23,27)(H,24,25)/b10-6+. The summed E-state index contributed by atoms with van der Waals surface area (Å²) in [6.45, 7) is 1.54. The maximum Gasteiger partial charge on any atom is 0.255 e. The molecule has 0 aliphatic heterocycles. The number of nitrogens with one attached hydrogen (secondary N) is 2. The Bertz CT molecular complexity index is 1090. The Labute approximate surface area is 162 Å². The molecule has 142 valence electrons. The van der Waals surface area contributed by atoms with Crippen molar-refractivity contribution in [2.75, 3.05) is 7.11 Å². The van der Waals surface area contributed by atoms with Crippen molar-refractivity contribution in [1.29, 1.82) is 0 Å². The second-order valence-corrected chi connectivity index (χ2v) is 6.94. The summed E-state index contributed by atoms with van der Waals surface area (Å²) in [5.41, 5.74) is 3.51. The third-order valence-electron chi connectivity index (χ3n) is 4.80. The zero-order valence-electron chi connectivity index (χ0n) is 15.8. The highest BCUT2D eigenvalue weighted by atomic mass is 16.5. The Morgan fingerprint density at radius 1 is 1.21 bits per heavy atom. The molecular formula is C22H21N3O3. The molecule has 1 amide bonds. The number of aromatic nitrogens is 2. The summed E-state index contributed by atoms with van der Waals surface area (Å²) in [4.78, 5) is 24.1. The number of amides is 1. The molecule has 1 heterocycles. The van der Waals surface area contributed by atoms with E-state index in [1.807, 2.05) is 36.4 Å². The smallest absolute Gasteiger partial charge is 0.255 e. The topological polar surface area (TPSA) is 84.1 Å². The molecule has 1 fully saturated rings. The second-order valence-electron chi connectivity index (χ2n) is 6.94. The zero-order chi connectivity index (χ0) is 19.7. The van der Waals surface area contributed by atoms with Gasteiger partial charge in [0.1, 0.15) is 5.75 Å². The Morgan fingerprint density at radius 2 is 2.04 bits per heavy atom. The van der Waals surface area contributed by atoms with Gasteiger partial charge in [0.15, 0.2) is 5.78 Å². The van der Waals surface area contributed by atoms with Crippen molar-refractivity contribution in [3.63, 3.8) is 0 Å². The van der Waals surface area contributed by atoms with Crippen molar-refractivity contribution in [3.8, 4) is 5.75 Å². The van der Waals surface area contributed by atoms with Crippen LogP contribution in [0.25, 0.3) is 23.1 Å². The van der Waals surface area contributed by atoms with E-state index >= 15 is 0 Å². The zero-order valence-corrected chi connectivity index (χ0v) is 15.8. The first kappa shape index (κ1) is 18.0. The number of hydrogen-bond donors (Lipinski definition) is 2. The summed E-state index contributed by atoms with van der Waals surface area (Å²) < 4.78 is 5.58. The summed E-state index contributed by atoms with van der Waals surface area (Å²) >= 11 is 0. The summed E-state index contributed by atoms with van der Waals surface area (Å²) in [5.74, 6) is 0.390. The number of benzene rings is 2. The fourth-order valence-corrected chi connectivity index (χ4v) is 3.15. The van der Waals surface area contributed by atoms with E-state index in [0.717, 1.165) is 29.3 Å². The van der Waals surface area contributed by atoms with E-state index in [1.54, 1.807) is 26.2 Å². The van der Waals surface area contributed by atoms with Crippen molar-refractivity contribution >= 4 is 34.7 Å². The number of rotatable bonds is 6. The number of ketones is 1. The van der Waals surface area contributed by atoms with Gasteiger partial charge < -0.3 is 10.1 Å². The van der Waals surface area contributed by atoms with Crippen molar-refractivity contribution < 1.29 is 14.3 Å². The van der Waals surface area contributed by atoms with E-state index in [4.69, 9.17) is 4.74 Å². The lowest BCUT2D eigenvalue weighted by molar-refractivity contribution is 0.0947. The Morgan fingerprint density at radius 3 is 2.75 bits per heavy atom. The van der Waals surface area contributed by atoms with Gasteiger partial charge in [0.2, 0.25) is 0 Å². The van der Waals surface area contributed by atoms with Gasteiger partial charge >= 0.3 is 0 Å². The van der Waals surface area contributed by atoms with Crippen LogP contribution in [-0.4, -0.2) is 35.0 Å². The average Bonchev–Trinajstić information content (AvgIpc) is 3.42. The first-order valence-corrected chi connectivity index (χ1v) is 9.22. The fraction of sp³-hybridized carbons (Fsp3) is 0.227. The number of carbonyl (C=O) groups excluding carboxylic acids is 2. The van der Waals surface area contributed by atoms with Gasteiger partial charge in [0.05, 0.1) is 29.3 Å². The number of hydrogen-bond acceptors (Lipinski definition) is 4. The first-order chi connectivity index (χ1) is 13.6. The minimum absolute atomic E-state index is 0.0217. The van der Waals surface area contributed by atoms with Crippen LogP contribution < -0.4 is 10.1 Å². The molecule has 2 aromatic carbocycles. The molecule has 3 aromatic rings.